The average molecular weight is 254 g/mol. The molecule has 0 saturated heterocycles. The lowest BCUT2D eigenvalue weighted by Gasteiger charge is -1.99. The summed E-state index contributed by atoms with van der Waals surface area (Å²) in [7, 11) is -3.57. The maximum absolute atomic E-state index is 11.8. The number of aryl methyl sites for hydroxylation is 1. The van der Waals surface area contributed by atoms with Gasteiger partial charge in [-0.3, -0.25) is 0 Å². The third-order valence-corrected chi connectivity index (χ3v) is 3.44. The van der Waals surface area contributed by atoms with Crippen LogP contribution in [0.25, 0.3) is 0 Å². The lowest BCUT2D eigenvalue weighted by Crippen LogP contribution is -2.02. The quantitative estimate of drug-likeness (QED) is 0.607. The molecule has 0 atom stereocenters. The van der Waals surface area contributed by atoms with E-state index in [1.54, 1.807) is 19.1 Å². The van der Waals surface area contributed by atoms with Gasteiger partial charge >= 0.3 is 5.97 Å². The molecule has 92 valence electrons. The fraction of sp³-hybridized carbons (Fsp3) is 0.250. The van der Waals surface area contributed by atoms with Gasteiger partial charge in [0, 0.05) is 11.5 Å². The average Bonchev–Trinajstić information content (AvgIpc) is 2.28. The van der Waals surface area contributed by atoms with Crippen molar-refractivity contribution in [3.05, 3.63) is 41.3 Å². The first-order chi connectivity index (χ1) is 7.95. The van der Waals surface area contributed by atoms with Crippen molar-refractivity contribution in [3.8, 4) is 0 Å². The Kier molecular flexibility index (Phi) is 4.45. The monoisotopic (exact) mass is 254 g/mol. The minimum atomic E-state index is -3.57. The van der Waals surface area contributed by atoms with Gasteiger partial charge in [-0.2, -0.15) is 0 Å². The SMILES string of the molecule is CCOC(=O)C=CS(=O)(=O)c1ccc(C)cc1. The van der Waals surface area contributed by atoms with Gasteiger partial charge in [0.1, 0.15) is 0 Å². The maximum atomic E-state index is 11.8. The molecule has 0 radical (unpaired) electrons. The molecule has 0 N–H and O–H groups in total. The molecule has 0 aliphatic heterocycles. The Morgan fingerprint density at radius 3 is 2.41 bits per heavy atom. The molecular formula is C12H14O4S. The van der Waals surface area contributed by atoms with Crippen molar-refractivity contribution >= 4 is 15.8 Å². The predicted molar refractivity (Wildman–Crippen MR) is 64.1 cm³/mol. The molecule has 17 heavy (non-hydrogen) atoms. The van der Waals surface area contributed by atoms with E-state index in [9.17, 15) is 13.2 Å². The molecular weight excluding hydrogens is 240 g/mol. The van der Waals surface area contributed by atoms with E-state index in [0.29, 0.717) is 0 Å². The summed E-state index contributed by atoms with van der Waals surface area (Å²) in [6.45, 7) is 3.73. The minimum Gasteiger partial charge on any atom is -0.463 e. The molecule has 1 aromatic rings. The van der Waals surface area contributed by atoms with Gasteiger partial charge in [-0.05, 0) is 26.0 Å². The van der Waals surface area contributed by atoms with Crippen LogP contribution in [0.4, 0.5) is 0 Å². The van der Waals surface area contributed by atoms with Crippen LogP contribution in [0.2, 0.25) is 0 Å². The highest BCUT2D eigenvalue weighted by atomic mass is 32.2. The molecule has 4 nitrogen and oxygen atoms in total. The molecule has 1 rings (SSSR count). The van der Waals surface area contributed by atoms with Crippen molar-refractivity contribution in [3.63, 3.8) is 0 Å². The summed E-state index contributed by atoms with van der Waals surface area (Å²) in [4.78, 5) is 11.2. The van der Waals surface area contributed by atoms with E-state index in [-0.39, 0.29) is 11.5 Å². The Morgan fingerprint density at radius 1 is 1.29 bits per heavy atom. The van der Waals surface area contributed by atoms with Crippen LogP contribution < -0.4 is 0 Å². The molecule has 0 amide bonds. The van der Waals surface area contributed by atoms with Crippen molar-refractivity contribution in [2.24, 2.45) is 0 Å². The Balaban J connectivity index is 2.89. The van der Waals surface area contributed by atoms with Crippen molar-refractivity contribution in [2.45, 2.75) is 18.7 Å². The second-order valence-corrected chi connectivity index (χ2v) is 5.25. The minimum absolute atomic E-state index is 0.156. The number of carbonyl (C=O) groups is 1. The number of hydrogen-bond acceptors (Lipinski definition) is 4. The largest absolute Gasteiger partial charge is 0.463 e. The normalized spacial score (nSPS) is 11.6. The zero-order valence-corrected chi connectivity index (χ0v) is 10.5. The standard InChI is InChI=1S/C12H14O4S/c1-3-16-12(13)8-9-17(14,15)11-6-4-10(2)5-7-11/h4-9H,3H2,1-2H3. The summed E-state index contributed by atoms with van der Waals surface area (Å²) in [6, 6.07) is 6.40. The Bertz CT molecular complexity index is 512. The van der Waals surface area contributed by atoms with E-state index < -0.39 is 15.8 Å². The van der Waals surface area contributed by atoms with E-state index in [4.69, 9.17) is 0 Å². The van der Waals surface area contributed by atoms with Gasteiger partial charge in [-0.25, -0.2) is 13.2 Å². The maximum Gasteiger partial charge on any atom is 0.331 e. The number of sulfone groups is 1. The number of esters is 1. The summed E-state index contributed by atoms with van der Waals surface area (Å²) in [5.41, 5.74) is 0.971. The molecule has 1 aromatic carbocycles. The van der Waals surface area contributed by atoms with Gasteiger partial charge in [-0.15, -0.1) is 0 Å². The smallest absolute Gasteiger partial charge is 0.331 e. The van der Waals surface area contributed by atoms with Crippen LogP contribution in [0.5, 0.6) is 0 Å². The topological polar surface area (TPSA) is 60.4 Å². The highest BCUT2D eigenvalue weighted by Gasteiger charge is 2.10. The van der Waals surface area contributed by atoms with Gasteiger partial charge in [0.05, 0.1) is 11.5 Å². The summed E-state index contributed by atoms with van der Waals surface area (Å²) in [5, 5.41) is 0.857. The summed E-state index contributed by atoms with van der Waals surface area (Å²) < 4.78 is 28.1. The first kappa shape index (κ1) is 13.4. The van der Waals surface area contributed by atoms with Crippen LogP contribution in [-0.4, -0.2) is 21.0 Å². The second kappa shape index (κ2) is 5.63. The number of rotatable bonds is 4. The van der Waals surface area contributed by atoms with Gasteiger partial charge in [0.25, 0.3) is 0 Å². The molecule has 0 fully saturated rings. The first-order valence-electron chi connectivity index (χ1n) is 5.12. The third kappa shape index (κ3) is 4.03. The Morgan fingerprint density at radius 2 is 1.88 bits per heavy atom. The number of carbonyl (C=O) groups excluding carboxylic acids is 1. The molecule has 0 aliphatic rings. The van der Waals surface area contributed by atoms with Crippen molar-refractivity contribution in [1.29, 1.82) is 0 Å². The summed E-state index contributed by atoms with van der Waals surface area (Å²) in [5.74, 6) is -0.664. The fourth-order valence-electron chi connectivity index (χ4n) is 1.14. The second-order valence-electron chi connectivity index (χ2n) is 3.41. The van der Waals surface area contributed by atoms with Crippen LogP contribution in [-0.2, 0) is 19.4 Å². The highest BCUT2D eigenvalue weighted by molar-refractivity contribution is 7.94. The molecule has 0 aliphatic carbocycles. The van der Waals surface area contributed by atoms with Gasteiger partial charge in [-0.1, -0.05) is 17.7 Å². The first-order valence-corrected chi connectivity index (χ1v) is 6.67. The zero-order chi connectivity index (χ0) is 12.9. The van der Waals surface area contributed by atoms with Gasteiger partial charge < -0.3 is 4.74 Å². The summed E-state index contributed by atoms with van der Waals surface area (Å²) in [6.07, 6.45) is 0.915. The molecule has 0 bridgehead atoms. The van der Waals surface area contributed by atoms with Crippen LogP contribution in [0.3, 0.4) is 0 Å². The lowest BCUT2D eigenvalue weighted by molar-refractivity contribution is -0.137. The molecule has 0 heterocycles. The van der Waals surface area contributed by atoms with Crippen LogP contribution >= 0.6 is 0 Å². The zero-order valence-electron chi connectivity index (χ0n) is 9.71. The highest BCUT2D eigenvalue weighted by Crippen LogP contribution is 2.13. The number of hydrogen-bond donors (Lipinski definition) is 0. The van der Waals surface area contributed by atoms with E-state index >= 15 is 0 Å². The van der Waals surface area contributed by atoms with E-state index in [1.165, 1.54) is 12.1 Å². The van der Waals surface area contributed by atoms with E-state index in [0.717, 1.165) is 17.0 Å². The molecule has 0 unspecified atom stereocenters. The fourth-order valence-corrected chi connectivity index (χ4v) is 2.10. The Labute approximate surface area is 101 Å². The molecule has 5 heteroatoms. The predicted octanol–water partition coefficient (Wildman–Crippen LogP) is 1.85. The van der Waals surface area contributed by atoms with Crippen molar-refractivity contribution in [1.82, 2.24) is 0 Å². The van der Waals surface area contributed by atoms with Gasteiger partial charge in [0.2, 0.25) is 0 Å². The van der Waals surface area contributed by atoms with Crippen LogP contribution in [0.15, 0.2) is 40.6 Å². The molecule has 0 aromatic heterocycles. The third-order valence-electron chi connectivity index (χ3n) is 2.02. The lowest BCUT2D eigenvalue weighted by atomic mass is 10.2. The van der Waals surface area contributed by atoms with E-state index in [2.05, 4.69) is 4.74 Å². The van der Waals surface area contributed by atoms with E-state index in [1.807, 2.05) is 6.92 Å². The van der Waals surface area contributed by atoms with Crippen molar-refractivity contribution in [2.75, 3.05) is 6.61 Å². The molecule has 0 saturated carbocycles. The number of ether oxygens (including phenoxy) is 1. The van der Waals surface area contributed by atoms with Crippen LogP contribution in [0.1, 0.15) is 12.5 Å². The molecule has 0 spiro atoms. The number of benzene rings is 1. The van der Waals surface area contributed by atoms with Gasteiger partial charge in [0.15, 0.2) is 9.84 Å². The van der Waals surface area contributed by atoms with Crippen molar-refractivity contribution < 1.29 is 17.9 Å². The summed E-state index contributed by atoms with van der Waals surface area (Å²) >= 11 is 0. The van der Waals surface area contributed by atoms with Crippen LogP contribution in [0, 0.1) is 6.92 Å². The Hall–Kier alpha value is -1.62.